The van der Waals surface area contributed by atoms with E-state index in [0.29, 0.717) is 30.9 Å². The zero-order valence-electron chi connectivity index (χ0n) is 25.9. The molecule has 1 spiro atoms. The molecule has 1 fully saturated rings. The molecule has 3 atom stereocenters. The molecule has 2 aromatic carbocycles. The normalized spacial score (nSPS) is 22.2. The van der Waals surface area contributed by atoms with Gasteiger partial charge in [-0.3, -0.25) is 0 Å². The van der Waals surface area contributed by atoms with Gasteiger partial charge >= 0.3 is 0 Å². The Morgan fingerprint density at radius 1 is 1.24 bits per heavy atom. The Balaban J connectivity index is 1.57. The van der Waals surface area contributed by atoms with Crippen LogP contribution in [0.25, 0.3) is 5.57 Å². The summed E-state index contributed by atoms with van der Waals surface area (Å²) in [6.07, 6.45) is 4.72. The molecule has 0 saturated heterocycles. The first kappa shape index (κ1) is 31.6. The summed E-state index contributed by atoms with van der Waals surface area (Å²) in [5.74, 6) is 0.519. The van der Waals surface area contributed by atoms with Gasteiger partial charge in [-0.1, -0.05) is 31.4 Å². The van der Waals surface area contributed by atoms with Crippen LogP contribution in [0.2, 0.25) is 0 Å². The Hall–Kier alpha value is -3.34. The quantitative estimate of drug-likeness (QED) is 0.173. The molecule has 42 heavy (non-hydrogen) atoms. The predicted molar refractivity (Wildman–Crippen MR) is 177 cm³/mol. The number of allylic oxidation sites excluding steroid dienone is 6. The Labute approximate surface area is 252 Å². The maximum absolute atomic E-state index is 14.5. The van der Waals surface area contributed by atoms with Crippen LogP contribution in [0.5, 0.6) is 5.75 Å². The number of aryl methyl sites for hydroxylation is 1. The minimum Gasteiger partial charge on any atom is -0.492 e. The second kappa shape index (κ2) is 13.3. The third kappa shape index (κ3) is 6.66. The summed E-state index contributed by atoms with van der Waals surface area (Å²) in [5.41, 5.74) is 14.4. The number of hydrogen-bond donors (Lipinski definition) is 3. The van der Waals surface area contributed by atoms with E-state index < -0.39 is 0 Å². The van der Waals surface area contributed by atoms with Crippen molar-refractivity contribution in [2.75, 3.05) is 32.3 Å². The van der Waals surface area contributed by atoms with E-state index in [9.17, 15) is 4.39 Å². The lowest BCUT2D eigenvalue weighted by atomic mass is 9.77. The highest BCUT2D eigenvalue weighted by molar-refractivity contribution is 7.40. The van der Waals surface area contributed by atoms with Crippen molar-refractivity contribution in [2.45, 2.75) is 58.9 Å². The van der Waals surface area contributed by atoms with Gasteiger partial charge in [0.25, 0.3) is 0 Å². The molecule has 2 aliphatic rings. The summed E-state index contributed by atoms with van der Waals surface area (Å²) in [5, 5.41) is 8.70. The van der Waals surface area contributed by atoms with Crippen LogP contribution in [0.4, 0.5) is 10.1 Å². The van der Waals surface area contributed by atoms with Gasteiger partial charge in [-0.25, -0.2) is 4.39 Å². The van der Waals surface area contributed by atoms with E-state index >= 15 is 0 Å². The number of fused-ring (bicyclic) bond motifs is 1. The molecular formula is C35H45FN3O2P. The molecule has 1 aliphatic heterocycles. The Morgan fingerprint density at radius 3 is 2.55 bits per heavy atom. The van der Waals surface area contributed by atoms with E-state index in [0.717, 1.165) is 52.2 Å². The van der Waals surface area contributed by atoms with Gasteiger partial charge in [-0.05, 0) is 87.7 Å². The largest absolute Gasteiger partial charge is 0.492 e. The fourth-order valence-corrected chi connectivity index (χ4v) is 6.95. The van der Waals surface area contributed by atoms with Crippen molar-refractivity contribution < 1.29 is 13.9 Å². The van der Waals surface area contributed by atoms with Crippen molar-refractivity contribution >= 4 is 24.8 Å². The second-order valence-corrected chi connectivity index (χ2v) is 12.6. The maximum Gasteiger partial charge on any atom is 0.129 e. The fraction of sp³-hybridized carbons (Fsp3) is 0.400. The highest BCUT2D eigenvalue weighted by Gasteiger charge is 2.62. The van der Waals surface area contributed by atoms with Crippen molar-refractivity contribution in [1.29, 1.82) is 0 Å². The second-order valence-electron chi connectivity index (χ2n) is 11.6. The summed E-state index contributed by atoms with van der Waals surface area (Å²) in [7, 11) is 2.96. The van der Waals surface area contributed by atoms with E-state index in [2.05, 4.69) is 55.6 Å². The van der Waals surface area contributed by atoms with Gasteiger partial charge in [0.2, 0.25) is 0 Å². The average Bonchev–Trinajstić information content (AvgIpc) is 3.64. The summed E-state index contributed by atoms with van der Waals surface area (Å²) >= 11 is 0. The first-order valence-electron chi connectivity index (χ1n) is 14.5. The van der Waals surface area contributed by atoms with Crippen LogP contribution in [0.3, 0.4) is 0 Å². The molecule has 0 radical (unpaired) electrons. The molecule has 0 bridgehead atoms. The van der Waals surface area contributed by atoms with E-state index in [4.69, 9.17) is 15.2 Å². The molecule has 0 amide bonds. The van der Waals surface area contributed by atoms with Crippen LogP contribution in [-0.4, -0.2) is 38.3 Å². The van der Waals surface area contributed by atoms with Gasteiger partial charge in [-0.15, -0.1) is 8.20 Å². The van der Waals surface area contributed by atoms with Crippen LogP contribution < -0.4 is 21.1 Å². The van der Waals surface area contributed by atoms with Gasteiger partial charge in [0.1, 0.15) is 11.6 Å². The van der Waals surface area contributed by atoms with Crippen LogP contribution in [0.15, 0.2) is 78.3 Å². The third-order valence-electron chi connectivity index (χ3n) is 8.48. The van der Waals surface area contributed by atoms with Gasteiger partial charge in [0.05, 0.1) is 13.2 Å². The molecule has 1 heterocycles. The van der Waals surface area contributed by atoms with Crippen LogP contribution in [-0.2, 0) is 4.74 Å². The van der Waals surface area contributed by atoms with Crippen LogP contribution in [0.1, 0.15) is 62.6 Å². The summed E-state index contributed by atoms with van der Waals surface area (Å²) in [4.78, 5) is 0. The predicted octanol–water partition coefficient (Wildman–Crippen LogP) is 7.93. The van der Waals surface area contributed by atoms with Crippen LogP contribution in [0, 0.1) is 18.2 Å². The van der Waals surface area contributed by atoms with Crippen molar-refractivity contribution in [3.8, 4) is 5.75 Å². The first-order valence-corrected chi connectivity index (χ1v) is 15.9. The third-order valence-corrected chi connectivity index (χ3v) is 9.49. The number of benzene rings is 2. The Kier molecular flexibility index (Phi) is 10.0. The van der Waals surface area contributed by atoms with Gasteiger partial charge in [-0.2, -0.15) is 0 Å². The summed E-state index contributed by atoms with van der Waals surface area (Å²) < 4.78 is 26.1. The van der Waals surface area contributed by atoms with Crippen molar-refractivity contribution in [2.24, 2.45) is 11.1 Å². The fourth-order valence-electron chi connectivity index (χ4n) is 6.20. The molecule has 7 heteroatoms. The van der Waals surface area contributed by atoms with Crippen LogP contribution >= 0.6 is 8.20 Å². The first-order chi connectivity index (χ1) is 20.0. The number of halogens is 1. The summed E-state index contributed by atoms with van der Waals surface area (Å²) in [6.45, 7) is 19.6. The van der Waals surface area contributed by atoms with Gasteiger partial charge in [0, 0.05) is 70.6 Å². The minimum atomic E-state index is -0.239. The highest BCUT2D eigenvalue weighted by Crippen LogP contribution is 2.62. The minimum absolute atomic E-state index is 0.114. The van der Waals surface area contributed by atoms with Crippen molar-refractivity contribution in [3.05, 3.63) is 101 Å². The smallest absolute Gasteiger partial charge is 0.129 e. The molecule has 2 aromatic rings. The molecule has 1 saturated carbocycles. The zero-order valence-corrected chi connectivity index (χ0v) is 26.8. The van der Waals surface area contributed by atoms with E-state index in [1.165, 1.54) is 19.2 Å². The molecule has 4 rings (SSSR count). The summed E-state index contributed by atoms with van der Waals surface area (Å²) in [6, 6.07) is 11.9. The maximum atomic E-state index is 14.5. The van der Waals surface area contributed by atoms with Crippen molar-refractivity contribution in [3.63, 3.8) is 0 Å². The monoisotopic (exact) mass is 589 g/mol. The number of methoxy groups -OCH3 is 1. The number of anilines is 1. The number of rotatable bonds is 12. The van der Waals surface area contributed by atoms with Crippen molar-refractivity contribution in [1.82, 2.24) is 5.32 Å². The van der Waals surface area contributed by atoms with Gasteiger partial charge < -0.3 is 25.8 Å². The molecule has 5 nitrogen and oxygen atoms in total. The number of hydrogen-bond acceptors (Lipinski definition) is 5. The van der Waals surface area contributed by atoms with Gasteiger partial charge in [0.15, 0.2) is 0 Å². The lowest BCUT2D eigenvalue weighted by molar-refractivity contribution is 0.165. The Bertz CT molecular complexity index is 1440. The number of ether oxygens (including phenoxy) is 2. The molecule has 0 aromatic heterocycles. The number of nitrogens with two attached hydrogens (primary N) is 1. The SMILES string of the molecule is C=C(CC1c2cc(C)c(F)cc2OCC12C[C@H]2N/C(=C/C)C(CCOC)=PC)Nc1ccc(/C(C(=C)C)=C(\C)N)cc1. The Morgan fingerprint density at radius 2 is 1.95 bits per heavy atom. The molecule has 224 valence electrons. The number of nitrogens with one attached hydrogen (secondary N) is 2. The molecule has 2 unspecified atom stereocenters. The van der Waals surface area contributed by atoms with E-state index in [1.807, 2.05) is 39.0 Å². The van der Waals surface area contributed by atoms with E-state index in [-0.39, 0.29) is 23.2 Å². The van der Waals surface area contributed by atoms with E-state index in [1.54, 1.807) is 13.2 Å². The zero-order chi connectivity index (χ0) is 30.6. The molecule has 1 aliphatic carbocycles. The standard InChI is InChI=1S/C35H45FN3O2P/c1-9-30(32(42-8)14-15-40-7)39-33-19-35(33)20-41-31-18-29(36)22(4)16-27(31)28(35)17-23(5)38-26-12-10-25(11-13-26)34(21(2)3)24(6)37/h9-13,16,18,28,33,38-39H,2,5,14-15,17,19-20,37H2,1,3-4,6-8H3/b30-9+,34-24+/t28?,33-,35?/m1/s1. The lowest BCUT2D eigenvalue weighted by Crippen LogP contribution is -2.36. The average molecular weight is 590 g/mol. The molecular weight excluding hydrogens is 544 g/mol. The highest BCUT2D eigenvalue weighted by atomic mass is 31.1. The lowest BCUT2D eigenvalue weighted by Gasteiger charge is -2.36. The molecule has 4 N–H and O–H groups in total. The topological polar surface area (TPSA) is 68.5 Å².